The van der Waals surface area contributed by atoms with Gasteiger partial charge in [-0.25, -0.2) is 0 Å². The van der Waals surface area contributed by atoms with Crippen LogP contribution in [0.3, 0.4) is 0 Å². The highest BCUT2D eigenvalue weighted by atomic mass is 35.5. The monoisotopic (exact) mass is 192 g/mol. The van der Waals surface area contributed by atoms with Gasteiger partial charge in [0.05, 0.1) is 0 Å². The van der Waals surface area contributed by atoms with Gasteiger partial charge in [0.1, 0.15) is 4.33 Å². The SMILES string of the molecule is CC1(C)C2CCC(C2)C1(Cl)Cl. The van der Waals surface area contributed by atoms with Crippen LogP contribution >= 0.6 is 23.2 Å². The van der Waals surface area contributed by atoms with E-state index in [1.807, 2.05) is 0 Å². The Hall–Kier alpha value is 0.580. The van der Waals surface area contributed by atoms with E-state index < -0.39 is 4.33 Å². The average molecular weight is 193 g/mol. The maximum absolute atomic E-state index is 6.32. The summed E-state index contributed by atoms with van der Waals surface area (Å²) in [5.74, 6) is 1.33. The molecule has 0 aromatic rings. The lowest BCUT2D eigenvalue weighted by molar-refractivity contribution is 0.201. The Morgan fingerprint density at radius 2 is 1.64 bits per heavy atom. The first-order valence-electron chi connectivity index (χ1n) is 4.34. The van der Waals surface area contributed by atoms with Crippen molar-refractivity contribution in [2.75, 3.05) is 0 Å². The molecule has 11 heavy (non-hydrogen) atoms. The van der Waals surface area contributed by atoms with Crippen molar-refractivity contribution in [3.63, 3.8) is 0 Å². The van der Waals surface area contributed by atoms with E-state index in [9.17, 15) is 0 Å². The molecule has 0 spiro atoms. The van der Waals surface area contributed by atoms with Crippen LogP contribution in [0.5, 0.6) is 0 Å². The zero-order chi connectivity index (χ0) is 8.28. The quantitative estimate of drug-likeness (QED) is 0.515. The third-order valence-corrected chi connectivity index (χ3v) is 5.42. The second kappa shape index (κ2) is 2.09. The van der Waals surface area contributed by atoms with Gasteiger partial charge in [-0.05, 0) is 31.1 Å². The fraction of sp³-hybridized carbons (Fsp3) is 1.00. The smallest absolute Gasteiger partial charge is 0.101 e. The minimum atomic E-state index is -0.448. The van der Waals surface area contributed by atoms with Crippen LogP contribution < -0.4 is 0 Å². The fourth-order valence-corrected chi connectivity index (χ4v) is 3.47. The Morgan fingerprint density at radius 1 is 1.09 bits per heavy atom. The van der Waals surface area contributed by atoms with Gasteiger partial charge in [-0.3, -0.25) is 0 Å². The normalized spacial score (nSPS) is 44.7. The summed E-state index contributed by atoms with van der Waals surface area (Å²) in [6.45, 7) is 4.41. The van der Waals surface area contributed by atoms with E-state index in [0.717, 1.165) is 5.92 Å². The molecule has 2 fully saturated rings. The van der Waals surface area contributed by atoms with Crippen molar-refractivity contribution < 1.29 is 0 Å². The molecule has 2 atom stereocenters. The number of alkyl halides is 2. The molecule has 0 aromatic carbocycles. The summed E-state index contributed by atoms with van der Waals surface area (Å²) in [4.78, 5) is 0. The number of fused-ring (bicyclic) bond motifs is 2. The second-order valence-corrected chi connectivity index (χ2v) is 5.94. The minimum Gasteiger partial charge on any atom is -0.101 e. The molecule has 0 amide bonds. The van der Waals surface area contributed by atoms with Crippen LogP contribution in [-0.2, 0) is 0 Å². The number of hydrogen-bond donors (Lipinski definition) is 0. The highest BCUT2D eigenvalue weighted by Crippen LogP contribution is 2.66. The van der Waals surface area contributed by atoms with Crippen LogP contribution in [0.25, 0.3) is 0 Å². The number of hydrogen-bond acceptors (Lipinski definition) is 0. The lowest BCUT2D eigenvalue weighted by Gasteiger charge is -2.40. The number of rotatable bonds is 0. The van der Waals surface area contributed by atoms with Crippen molar-refractivity contribution in [3.8, 4) is 0 Å². The van der Waals surface area contributed by atoms with Gasteiger partial charge < -0.3 is 0 Å². The molecule has 2 bridgehead atoms. The van der Waals surface area contributed by atoms with E-state index in [0.29, 0.717) is 5.92 Å². The Balaban J connectivity index is 2.36. The zero-order valence-electron chi connectivity index (χ0n) is 7.03. The standard InChI is InChI=1S/C9H14Cl2/c1-8(2)6-3-4-7(5-6)9(8,10)11/h6-7H,3-5H2,1-2H3. The van der Waals surface area contributed by atoms with E-state index in [-0.39, 0.29) is 5.41 Å². The molecule has 2 heteroatoms. The molecule has 0 heterocycles. The third kappa shape index (κ3) is 0.833. The summed E-state index contributed by atoms with van der Waals surface area (Å²) in [5, 5.41) is 0. The van der Waals surface area contributed by atoms with Gasteiger partial charge in [0, 0.05) is 5.41 Å². The lowest BCUT2D eigenvalue weighted by Crippen LogP contribution is -2.39. The highest BCUT2D eigenvalue weighted by molar-refractivity contribution is 6.49. The molecule has 2 aliphatic rings. The molecule has 0 aromatic heterocycles. The summed E-state index contributed by atoms with van der Waals surface area (Å²) >= 11 is 12.6. The first-order chi connectivity index (χ1) is 4.96. The maximum Gasteiger partial charge on any atom is 0.126 e. The van der Waals surface area contributed by atoms with Crippen molar-refractivity contribution in [1.29, 1.82) is 0 Å². The largest absolute Gasteiger partial charge is 0.126 e. The van der Waals surface area contributed by atoms with Gasteiger partial charge in [-0.2, -0.15) is 0 Å². The van der Waals surface area contributed by atoms with Crippen molar-refractivity contribution in [1.82, 2.24) is 0 Å². The maximum atomic E-state index is 6.32. The van der Waals surface area contributed by atoms with Crippen LogP contribution in [0.1, 0.15) is 33.1 Å². The topological polar surface area (TPSA) is 0 Å². The van der Waals surface area contributed by atoms with E-state index in [1.165, 1.54) is 19.3 Å². The van der Waals surface area contributed by atoms with Gasteiger partial charge in [-0.15, -0.1) is 23.2 Å². The van der Waals surface area contributed by atoms with Crippen LogP contribution in [0.4, 0.5) is 0 Å². The summed E-state index contributed by atoms with van der Waals surface area (Å²) in [6.07, 6.45) is 3.82. The molecule has 0 aliphatic heterocycles. The van der Waals surface area contributed by atoms with Crippen molar-refractivity contribution in [2.24, 2.45) is 17.3 Å². The first kappa shape index (κ1) is 8.19. The predicted molar refractivity (Wildman–Crippen MR) is 49.0 cm³/mol. The molecule has 0 nitrogen and oxygen atoms in total. The summed E-state index contributed by atoms with van der Waals surface area (Å²) in [6, 6.07) is 0. The van der Waals surface area contributed by atoms with Gasteiger partial charge >= 0.3 is 0 Å². The molecule has 0 N–H and O–H groups in total. The van der Waals surface area contributed by atoms with E-state index in [1.54, 1.807) is 0 Å². The zero-order valence-corrected chi connectivity index (χ0v) is 8.54. The molecule has 0 radical (unpaired) electrons. The molecule has 2 rings (SSSR count). The average Bonchev–Trinajstić information content (AvgIpc) is 2.37. The van der Waals surface area contributed by atoms with E-state index >= 15 is 0 Å². The van der Waals surface area contributed by atoms with Gasteiger partial charge in [0.25, 0.3) is 0 Å². The van der Waals surface area contributed by atoms with Crippen LogP contribution in [0, 0.1) is 17.3 Å². The molecule has 2 aliphatic carbocycles. The fourth-order valence-electron chi connectivity index (χ4n) is 2.76. The summed E-state index contributed by atoms with van der Waals surface area (Å²) in [7, 11) is 0. The van der Waals surface area contributed by atoms with Crippen molar-refractivity contribution >= 4 is 23.2 Å². The molecular weight excluding hydrogens is 179 g/mol. The van der Waals surface area contributed by atoms with Gasteiger partial charge in [-0.1, -0.05) is 13.8 Å². The Labute approximate surface area is 78.3 Å². The third-order valence-electron chi connectivity index (χ3n) is 3.83. The van der Waals surface area contributed by atoms with E-state index in [2.05, 4.69) is 13.8 Å². The molecule has 0 saturated heterocycles. The molecule has 64 valence electrons. The molecule has 2 unspecified atom stereocenters. The summed E-state index contributed by atoms with van der Waals surface area (Å²) in [5.41, 5.74) is 0.138. The molecular formula is C9H14Cl2. The summed E-state index contributed by atoms with van der Waals surface area (Å²) < 4.78 is -0.448. The van der Waals surface area contributed by atoms with Gasteiger partial charge in [0.15, 0.2) is 0 Å². The predicted octanol–water partition coefficient (Wildman–Crippen LogP) is 3.62. The van der Waals surface area contributed by atoms with Crippen molar-refractivity contribution in [2.45, 2.75) is 37.4 Å². The van der Waals surface area contributed by atoms with Gasteiger partial charge in [0.2, 0.25) is 0 Å². The Bertz CT molecular complexity index is 164. The molecule has 2 saturated carbocycles. The minimum absolute atomic E-state index is 0.138. The van der Waals surface area contributed by atoms with Crippen LogP contribution in [0.15, 0.2) is 0 Å². The number of halogens is 2. The van der Waals surface area contributed by atoms with E-state index in [4.69, 9.17) is 23.2 Å². The Kier molecular flexibility index (Phi) is 1.55. The first-order valence-corrected chi connectivity index (χ1v) is 5.09. The second-order valence-electron chi connectivity index (χ2n) is 4.55. The van der Waals surface area contributed by atoms with Crippen molar-refractivity contribution in [3.05, 3.63) is 0 Å². The Morgan fingerprint density at radius 3 is 1.91 bits per heavy atom. The van der Waals surface area contributed by atoms with Crippen LogP contribution in [0.2, 0.25) is 0 Å². The highest BCUT2D eigenvalue weighted by Gasteiger charge is 2.61. The van der Waals surface area contributed by atoms with Crippen LogP contribution in [-0.4, -0.2) is 4.33 Å². The lowest BCUT2D eigenvalue weighted by atomic mass is 9.76.